The third-order valence-electron chi connectivity index (χ3n) is 1.70. The second-order valence-corrected chi connectivity index (χ2v) is 2.59. The topological polar surface area (TPSA) is 32.8 Å². The zero-order valence-corrected chi connectivity index (χ0v) is 5.84. The molecule has 54 valence electrons. The molecule has 0 aliphatic carbocycles. The quantitative estimate of drug-likeness (QED) is 0.574. The SMILES string of the molecule is CCC(O)CCC1CO1. The molecular formula is C7H14O2. The Morgan fingerprint density at radius 1 is 1.78 bits per heavy atom. The summed E-state index contributed by atoms with van der Waals surface area (Å²) in [6.45, 7) is 2.91. The van der Waals surface area contributed by atoms with Crippen molar-refractivity contribution in [2.24, 2.45) is 0 Å². The number of aliphatic hydroxyl groups is 1. The van der Waals surface area contributed by atoms with Gasteiger partial charge in [0.2, 0.25) is 0 Å². The Bertz CT molecular complexity index is 79.0. The number of hydrogen-bond donors (Lipinski definition) is 1. The van der Waals surface area contributed by atoms with Crippen molar-refractivity contribution in [2.45, 2.75) is 38.4 Å². The smallest absolute Gasteiger partial charge is 0.0810 e. The van der Waals surface area contributed by atoms with Gasteiger partial charge < -0.3 is 9.84 Å². The molecule has 2 atom stereocenters. The minimum atomic E-state index is -0.103. The third-order valence-corrected chi connectivity index (χ3v) is 1.70. The summed E-state index contributed by atoms with van der Waals surface area (Å²) < 4.78 is 4.99. The van der Waals surface area contributed by atoms with Gasteiger partial charge in [0.1, 0.15) is 0 Å². The molecule has 0 aromatic rings. The lowest BCUT2D eigenvalue weighted by atomic mass is 10.1. The highest BCUT2D eigenvalue weighted by molar-refractivity contribution is 4.70. The van der Waals surface area contributed by atoms with Crippen molar-refractivity contribution in [1.29, 1.82) is 0 Å². The number of ether oxygens (including phenoxy) is 1. The molecule has 2 nitrogen and oxygen atoms in total. The van der Waals surface area contributed by atoms with Gasteiger partial charge in [-0.15, -0.1) is 0 Å². The zero-order valence-electron chi connectivity index (χ0n) is 5.84. The van der Waals surface area contributed by atoms with Crippen molar-refractivity contribution >= 4 is 0 Å². The molecule has 0 saturated carbocycles. The number of hydrogen-bond acceptors (Lipinski definition) is 2. The van der Waals surface area contributed by atoms with Crippen LogP contribution in [0.3, 0.4) is 0 Å². The van der Waals surface area contributed by atoms with Crippen molar-refractivity contribution in [3.05, 3.63) is 0 Å². The highest BCUT2D eigenvalue weighted by atomic mass is 16.6. The van der Waals surface area contributed by atoms with Gasteiger partial charge in [-0.2, -0.15) is 0 Å². The molecule has 0 bridgehead atoms. The molecule has 1 aliphatic heterocycles. The van der Waals surface area contributed by atoms with Gasteiger partial charge in [0, 0.05) is 0 Å². The van der Waals surface area contributed by atoms with Gasteiger partial charge >= 0.3 is 0 Å². The first-order valence-corrected chi connectivity index (χ1v) is 3.62. The summed E-state index contributed by atoms with van der Waals surface area (Å²) in [5.74, 6) is 0. The van der Waals surface area contributed by atoms with Crippen LogP contribution >= 0.6 is 0 Å². The molecule has 0 aromatic heterocycles. The summed E-state index contributed by atoms with van der Waals surface area (Å²) >= 11 is 0. The van der Waals surface area contributed by atoms with E-state index in [-0.39, 0.29) is 6.10 Å². The molecular weight excluding hydrogens is 116 g/mol. The standard InChI is InChI=1S/C7H14O2/c1-2-6(8)3-4-7-5-9-7/h6-8H,2-5H2,1H3. The lowest BCUT2D eigenvalue weighted by molar-refractivity contribution is 0.153. The van der Waals surface area contributed by atoms with Gasteiger partial charge in [0.15, 0.2) is 0 Å². The normalized spacial score (nSPS) is 28.0. The van der Waals surface area contributed by atoms with Gasteiger partial charge in [0.05, 0.1) is 18.8 Å². The minimum absolute atomic E-state index is 0.103. The molecule has 0 aromatic carbocycles. The molecule has 0 amide bonds. The van der Waals surface area contributed by atoms with E-state index in [1.807, 2.05) is 6.92 Å². The first-order valence-electron chi connectivity index (χ1n) is 3.62. The van der Waals surface area contributed by atoms with Gasteiger partial charge in [-0.05, 0) is 19.3 Å². The maximum atomic E-state index is 9.08. The van der Waals surface area contributed by atoms with E-state index in [2.05, 4.69) is 0 Å². The van der Waals surface area contributed by atoms with Crippen LogP contribution in [0.25, 0.3) is 0 Å². The molecule has 1 rings (SSSR count). The van der Waals surface area contributed by atoms with E-state index in [4.69, 9.17) is 9.84 Å². The van der Waals surface area contributed by atoms with Crippen LogP contribution in [0.1, 0.15) is 26.2 Å². The van der Waals surface area contributed by atoms with E-state index in [9.17, 15) is 0 Å². The number of aliphatic hydroxyl groups excluding tert-OH is 1. The number of rotatable bonds is 4. The summed E-state index contributed by atoms with van der Waals surface area (Å²) in [5.41, 5.74) is 0. The molecule has 0 radical (unpaired) electrons. The lowest BCUT2D eigenvalue weighted by Gasteiger charge is -2.03. The van der Waals surface area contributed by atoms with Crippen molar-refractivity contribution in [2.75, 3.05) is 6.61 Å². The predicted molar refractivity (Wildman–Crippen MR) is 35.3 cm³/mol. The summed E-state index contributed by atoms with van der Waals surface area (Å²) in [6.07, 6.45) is 3.18. The van der Waals surface area contributed by atoms with Gasteiger partial charge in [-0.3, -0.25) is 0 Å². The minimum Gasteiger partial charge on any atom is -0.393 e. The van der Waals surface area contributed by atoms with Crippen molar-refractivity contribution in [3.8, 4) is 0 Å². The van der Waals surface area contributed by atoms with Gasteiger partial charge in [-0.1, -0.05) is 6.92 Å². The highest BCUT2D eigenvalue weighted by Gasteiger charge is 2.22. The summed E-state index contributed by atoms with van der Waals surface area (Å²) in [7, 11) is 0. The van der Waals surface area contributed by atoms with Gasteiger partial charge in [-0.25, -0.2) is 0 Å². The van der Waals surface area contributed by atoms with Crippen molar-refractivity contribution < 1.29 is 9.84 Å². The second kappa shape index (κ2) is 3.18. The van der Waals surface area contributed by atoms with Crippen LogP contribution in [-0.4, -0.2) is 23.9 Å². The summed E-state index contributed by atoms with van der Waals surface area (Å²) in [4.78, 5) is 0. The van der Waals surface area contributed by atoms with Crippen LogP contribution in [0.4, 0.5) is 0 Å². The zero-order chi connectivity index (χ0) is 6.69. The van der Waals surface area contributed by atoms with Crippen molar-refractivity contribution in [3.63, 3.8) is 0 Å². The fourth-order valence-electron chi connectivity index (χ4n) is 0.817. The fraction of sp³-hybridized carbons (Fsp3) is 1.00. The summed E-state index contributed by atoms with van der Waals surface area (Å²) in [5, 5.41) is 9.08. The van der Waals surface area contributed by atoms with Crippen LogP contribution < -0.4 is 0 Å². The van der Waals surface area contributed by atoms with Crippen LogP contribution in [0, 0.1) is 0 Å². The van der Waals surface area contributed by atoms with E-state index in [0.717, 1.165) is 25.9 Å². The Morgan fingerprint density at radius 3 is 2.89 bits per heavy atom. The maximum Gasteiger partial charge on any atom is 0.0810 e. The Labute approximate surface area is 55.8 Å². The molecule has 9 heavy (non-hydrogen) atoms. The largest absolute Gasteiger partial charge is 0.393 e. The fourth-order valence-corrected chi connectivity index (χ4v) is 0.817. The molecule has 1 N–H and O–H groups in total. The van der Waals surface area contributed by atoms with E-state index in [1.165, 1.54) is 0 Å². The van der Waals surface area contributed by atoms with E-state index in [1.54, 1.807) is 0 Å². The lowest BCUT2D eigenvalue weighted by Crippen LogP contribution is -2.05. The average molecular weight is 130 g/mol. The average Bonchev–Trinajstić information content (AvgIpc) is 2.65. The molecule has 1 fully saturated rings. The molecule has 0 spiro atoms. The Kier molecular flexibility index (Phi) is 2.49. The summed E-state index contributed by atoms with van der Waals surface area (Å²) in [6, 6.07) is 0. The second-order valence-electron chi connectivity index (χ2n) is 2.59. The molecule has 2 unspecified atom stereocenters. The van der Waals surface area contributed by atoms with Crippen LogP contribution in [-0.2, 0) is 4.74 Å². The molecule has 2 heteroatoms. The molecule has 1 aliphatic rings. The van der Waals surface area contributed by atoms with Gasteiger partial charge in [0.25, 0.3) is 0 Å². The first kappa shape index (κ1) is 7.03. The van der Waals surface area contributed by atoms with Crippen LogP contribution in [0.15, 0.2) is 0 Å². The van der Waals surface area contributed by atoms with Crippen molar-refractivity contribution in [1.82, 2.24) is 0 Å². The monoisotopic (exact) mass is 130 g/mol. The van der Waals surface area contributed by atoms with Crippen LogP contribution in [0.2, 0.25) is 0 Å². The predicted octanol–water partition coefficient (Wildman–Crippen LogP) is 0.936. The third kappa shape index (κ3) is 2.82. The molecule has 1 saturated heterocycles. The van der Waals surface area contributed by atoms with E-state index < -0.39 is 0 Å². The first-order chi connectivity index (χ1) is 4.33. The van der Waals surface area contributed by atoms with E-state index >= 15 is 0 Å². The Balaban J connectivity index is 1.90. The Morgan fingerprint density at radius 2 is 2.44 bits per heavy atom. The Hall–Kier alpha value is -0.0800. The number of epoxide rings is 1. The van der Waals surface area contributed by atoms with E-state index in [0.29, 0.717) is 6.10 Å². The highest BCUT2D eigenvalue weighted by Crippen LogP contribution is 2.17. The molecule has 1 heterocycles. The maximum absolute atomic E-state index is 9.08. The van der Waals surface area contributed by atoms with Crippen LogP contribution in [0.5, 0.6) is 0 Å².